The van der Waals surface area contributed by atoms with Crippen LogP contribution in [0, 0.1) is 0 Å². The molecular formula is C25H23N5O3S. The average Bonchev–Trinajstić information content (AvgIpc) is 3.33. The first-order chi connectivity index (χ1) is 16.5. The lowest BCUT2D eigenvalue weighted by Crippen LogP contribution is -2.22. The van der Waals surface area contributed by atoms with Crippen LogP contribution < -0.4 is 15.4 Å². The van der Waals surface area contributed by atoms with E-state index in [4.69, 9.17) is 4.74 Å². The van der Waals surface area contributed by atoms with Crippen molar-refractivity contribution >= 4 is 35.0 Å². The fourth-order valence-electron chi connectivity index (χ4n) is 3.11. The van der Waals surface area contributed by atoms with E-state index < -0.39 is 5.25 Å². The molecule has 34 heavy (non-hydrogen) atoms. The molecule has 1 atom stereocenters. The molecular weight excluding hydrogens is 450 g/mol. The van der Waals surface area contributed by atoms with Gasteiger partial charge < -0.3 is 15.4 Å². The van der Waals surface area contributed by atoms with Crippen LogP contribution in [0.5, 0.6) is 5.75 Å². The van der Waals surface area contributed by atoms with Gasteiger partial charge in [-0.3, -0.25) is 9.59 Å². The van der Waals surface area contributed by atoms with Crippen LogP contribution in [0.4, 0.5) is 11.4 Å². The van der Waals surface area contributed by atoms with E-state index in [1.165, 1.54) is 11.8 Å². The second kappa shape index (κ2) is 10.7. The highest BCUT2D eigenvalue weighted by molar-refractivity contribution is 8.00. The molecule has 0 spiro atoms. The van der Waals surface area contributed by atoms with Gasteiger partial charge in [-0.1, -0.05) is 42.1 Å². The quantitative estimate of drug-likeness (QED) is 0.362. The number of aromatic nitrogens is 3. The number of carbonyl (C=O) groups is 2. The number of amides is 2. The minimum atomic E-state index is -0.417. The Balaban J connectivity index is 1.33. The molecule has 4 rings (SSSR count). The molecule has 0 bridgehead atoms. The van der Waals surface area contributed by atoms with E-state index in [0.717, 1.165) is 5.69 Å². The number of rotatable bonds is 8. The number of carbonyl (C=O) groups excluding carboxylic acids is 2. The van der Waals surface area contributed by atoms with Crippen LogP contribution in [-0.4, -0.2) is 38.9 Å². The van der Waals surface area contributed by atoms with Gasteiger partial charge in [0.05, 0.1) is 23.7 Å². The highest BCUT2D eigenvalue weighted by Gasteiger charge is 2.18. The number of methoxy groups -OCH3 is 1. The first-order valence-electron chi connectivity index (χ1n) is 10.5. The summed E-state index contributed by atoms with van der Waals surface area (Å²) in [4.78, 5) is 29.5. The zero-order chi connectivity index (χ0) is 23.9. The van der Waals surface area contributed by atoms with Crippen LogP contribution in [0.15, 0.2) is 90.3 Å². The van der Waals surface area contributed by atoms with Crippen molar-refractivity contribution in [3.63, 3.8) is 0 Å². The first-order valence-corrected chi connectivity index (χ1v) is 11.4. The highest BCUT2D eigenvalue weighted by atomic mass is 32.2. The van der Waals surface area contributed by atoms with Crippen LogP contribution >= 0.6 is 11.8 Å². The van der Waals surface area contributed by atoms with E-state index in [-0.39, 0.29) is 11.8 Å². The molecule has 8 nitrogen and oxygen atoms in total. The summed E-state index contributed by atoms with van der Waals surface area (Å²) in [5.41, 5.74) is 2.53. The Labute approximate surface area is 201 Å². The smallest absolute Gasteiger partial charge is 0.255 e. The molecule has 0 aliphatic rings. The topological polar surface area (TPSA) is 98.1 Å². The Kier molecular flexibility index (Phi) is 7.24. The second-order valence-corrected chi connectivity index (χ2v) is 8.60. The molecule has 1 aromatic heterocycles. The minimum Gasteiger partial charge on any atom is -0.495 e. The molecule has 172 valence electrons. The lowest BCUT2D eigenvalue weighted by Gasteiger charge is -2.12. The summed E-state index contributed by atoms with van der Waals surface area (Å²) < 4.78 is 6.93. The fourth-order valence-corrected chi connectivity index (χ4v) is 3.84. The molecule has 4 aromatic rings. The standard InChI is InChI=1S/C25H23N5O3S/c1-17(34-25-26-16-30(29-25)20-8-4-3-5-9-20)23(31)27-19-14-12-18(13-15-19)24(32)28-21-10-6-7-11-22(21)33-2/h3-17H,1-2H3,(H,27,31)(H,28,32). The van der Waals surface area contributed by atoms with E-state index in [1.807, 2.05) is 42.5 Å². The molecule has 2 amide bonds. The van der Waals surface area contributed by atoms with Crippen molar-refractivity contribution in [2.75, 3.05) is 17.7 Å². The van der Waals surface area contributed by atoms with Crippen molar-refractivity contribution in [2.45, 2.75) is 17.3 Å². The maximum absolute atomic E-state index is 12.6. The molecule has 3 aromatic carbocycles. The van der Waals surface area contributed by atoms with Crippen LogP contribution in [0.25, 0.3) is 5.69 Å². The summed E-state index contributed by atoms with van der Waals surface area (Å²) in [6.07, 6.45) is 1.62. The molecule has 0 aliphatic heterocycles. The van der Waals surface area contributed by atoms with Crippen molar-refractivity contribution in [3.8, 4) is 11.4 Å². The molecule has 9 heteroatoms. The average molecular weight is 474 g/mol. The minimum absolute atomic E-state index is 0.188. The summed E-state index contributed by atoms with van der Waals surface area (Å²) in [6.45, 7) is 1.79. The van der Waals surface area contributed by atoms with Crippen molar-refractivity contribution < 1.29 is 14.3 Å². The number of nitrogens with zero attached hydrogens (tertiary/aromatic N) is 3. The number of nitrogens with one attached hydrogen (secondary N) is 2. The number of benzene rings is 3. The van der Waals surface area contributed by atoms with Gasteiger partial charge in [-0.25, -0.2) is 9.67 Å². The van der Waals surface area contributed by atoms with E-state index in [2.05, 4.69) is 20.7 Å². The summed E-state index contributed by atoms with van der Waals surface area (Å²) in [7, 11) is 1.55. The Bertz CT molecular complexity index is 1280. The Morgan fingerprint density at radius 3 is 2.38 bits per heavy atom. The molecule has 0 fully saturated rings. The molecule has 2 N–H and O–H groups in total. The first kappa shape index (κ1) is 23.1. The van der Waals surface area contributed by atoms with E-state index >= 15 is 0 Å². The molecule has 1 unspecified atom stereocenters. The summed E-state index contributed by atoms with van der Waals surface area (Å²) in [6, 6.07) is 23.5. The van der Waals surface area contributed by atoms with Crippen LogP contribution in [-0.2, 0) is 4.79 Å². The van der Waals surface area contributed by atoms with Gasteiger partial charge in [0.15, 0.2) is 0 Å². The number of ether oxygens (including phenoxy) is 1. The van der Waals surface area contributed by atoms with Crippen LogP contribution in [0.1, 0.15) is 17.3 Å². The predicted molar refractivity (Wildman–Crippen MR) is 133 cm³/mol. The third-order valence-electron chi connectivity index (χ3n) is 4.91. The van der Waals surface area contributed by atoms with Gasteiger partial charge in [-0.05, 0) is 55.5 Å². The number of anilines is 2. The summed E-state index contributed by atoms with van der Waals surface area (Å²) in [5.74, 6) is 0.118. The van der Waals surface area contributed by atoms with Crippen molar-refractivity contribution in [3.05, 3.63) is 90.8 Å². The van der Waals surface area contributed by atoms with Gasteiger partial charge in [-0.2, -0.15) is 0 Å². The van der Waals surface area contributed by atoms with Crippen LogP contribution in [0.2, 0.25) is 0 Å². The zero-order valence-corrected chi connectivity index (χ0v) is 19.5. The SMILES string of the molecule is COc1ccccc1NC(=O)c1ccc(NC(=O)C(C)Sc2ncn(-c3ccccc3)n2)cc1. The Hall–Kier alpha value is -4.11. The van der Waals surface area contributed by atoms with Crippen molar-refractivity contribution in [2.24, 2.45) is 0 Å². The van der Waals surface area contributed by atoms with Gasteiger partial charge in [0.25, 0.3) is 5.91 Å². The number of hydrogen-bond acceptors (Lipinski definition) is 6. The Morgan fingerprint density at radius 1 is 0.941 bits per heavy atom. The normalized spacial score (nSPS) is 11.5. The predicted octanol–water partition coefficient (Wildman–Crippen LogP) is 4.65. The van der Waals surface area contributed by atoms with Gasteiger partial charge in [0.1, 0.15) is 12.1 Å². The molecule has 0 saturated heterocycles. The Morgan fingerprint density at radius 2 is 1.65 bits per heavy atom. The molecule has 1 heterocycles. The van der Waals surface area contributed by atoms with Gasteiger partial charge in [0, 0.05) is 11.3 Å². The maximum Gasteiger partial charge on any atom is 0.255 e. The third kappa shape index (κ3) is 5.62. The summed E-state index contributed by atoms with van der Waals surface area (Å²) >= 11 is 1.27. The van der Waals surface area contributed by atoms with Crippen molar-refractivity contribution in [1.82, 2.24) is 14.8 Å². The largest absolute Gasteiger partial charge is 0.495 e. The van der Waals surface area contributed by atoms with Gasteiger partial charge in [-0.15, -0.1) is 5.10 Å². The lowest BCUT2D eigenvalue weighted by molar-refractivity contribution is -0.115. The number of thioether (sulfide) groups is 1. The molecule has 0 aliphatic carbocycles. The van der Waals surface area contributed by atoms with Crippen molar-refractivity contribution in [1.29, 1.82) is 0 Å². The second-order valence-electron chi connectivity index (χ2n) is 7.29. The van der Waals surface area contributed by atoms with E-state index in [9.17, 15) is 9.59 Å². The fraction of sp³-hybridized carbons (Fsp3) is 0.120. The van der Waals surface area contributed by atoms with E-state index in [1.54, 1.807) is 61.4 Å². The summed E-state index contributed by atoms with van der Waals surface area (Å²) in [5, 5.41) is 10.2. The zero-order valence-electron chi connectivity index (χ0n) is 18.6. The number of hydrogen-bond donors (Lipinski definition) is 2. The highest BCUT2D eigenvalue weighted by Crippen LogP contribution is 2.24. The van der Waals surface area contributed by atoms with Gasteiger partial charge >= 0.3 is 0 Å². The lowest BCUT2D eigenvalue weighted by atomic mass is 10.2. The van der Waals surface area contributed by atoms with Gasteiger partial charge in [0.2, 0.25) is 11.1 Å². The molecule has 0 saturated carbocycles. The molecule has 0 radical (unpaired) electrons. The van der Waals surface area contributed by atoms with Crippen LogP contribution in [0.3, 0.4) is 0 Å². The number of para-hydroxylation sites is 3. The monoisotopic (exact) mass is 473 g/mol. The third-order valence-corrected chi connectivity index (χ3v) is 5.88. The van der Waals surface area contributed by atoms with E-state index in [0.29, 0.717) is 27.8 Å². The maximum atomic E-state index is 12.6.